The number of hydrogen-bond acceptors (Lipinski definition) is 8. The molecule has 3 N–H and O–H groups in total. The van der Waals surface area contributed by atoms with Crippen LogP contribution < -0.4 is 10.1 Å². The molecule has 2 amide bonds. The van der Waals surface area contributed by atoms with Gasteiger partial charge in [0.05, 0.1) is 16.7 Å². The molecule has 1 unspecified atom stereocenters. The molecular weight excluding hydrogens is 476 g/mol. The number of benzene rings is 1. The van der Waals surface area contributed by atoms with E-state index in [0.29, 0.717) is 23.0 Å². The summed E-state index contributed by atoms with van der Waals surface area (Å²) in [5, 5.41) is 17.5. The minimum Gasteiger partial charge on any atom is -0.420 e. The summed E-state index contributed by atoms with van der Waals surface area (Å²) in [4.78, 5) is 36.1. The van der Waals surface area contributed by atoms with Gasteiger partial charge in [-0.3, -0.25) is 15.0 Å². The minimum atomic E-state index is -0.997. The van der Waals surface area contributed by atoms with Gasteiger partial charge >= 0.3 is 0 Å². The summed E-state index contributed by atoms with van der Waals surface area (Å²) in [5.41, 5.74) is 3.52. The van der Waals surface area contributed by atoms with Crippen LogP contribution >= 0.6 is 11.8 Å². The van der Waals surface area contributed by atoms with Crippen molar-refractivity contribution in [1.82, 2.24) is 20.2 Å². The Morgan fingerprint density at radius 1 is 1.08 bits per heavy atom. The maximum atomic E-state index is 13.2. The first-order valence-corrected chi connectivity index (χ1v) is 12.0. The first-order valence-electron chi connectivity index (χ1n) is 11.1. The Bertz CT molecular complexity index is 1350. The number of nitrogens with one attached hydrogen (secondary N) is 3. The van der Waals surface area contributed by atoms with E-state index in [1.54, 1.807) is 52.3 Å². The van der Waals surface area contributed by atoms with Gasteiger partial charge in [-0.25, -0.2) is 9.97 Å². The van der Waals surface area contributed by atoms with Gasteiger partial charge in [0.25, 0.3) is 5.91 Å². The van der Waals surface area contributed by atoms with Crippen LogP contribution in [0.15, 0.2) is 54.7 Å². The van der Waals surface area contributed by atoms with Gasteiger partial charge in [0.15, 0.2) is 5.17 Å². The number of carbonyl (C=O) groups excluding carboxylic acids is 2. The fraction of sp³-hybridized carbons (Fsp3) is 0.231. The Morgan fingerprint density at radius 2 is 1.78 bits per heavy atom. The molecule has 0 saturated heterocycles. The normalized spacial score (nSPS) is 14.1. The van der Waals surface area contributed by atoms with Gasteiger partial charge in [0, 0.05) is 48.5 Å². The van der Waals surface area contributed by atoms with E-state index >= 15 is 0 Å². The van der Waals surface area contributed by atoms with E-state index in [2.05, 4.69) is 10.3 Å². The second kappa shape index (κ2) is 9.90. The third-order valence-corrected chi connectivity index (χ3v) is 6.51. The van der Waals surface area contributed by atoms with E-state index < -0.39 is 11.3 Å². The molecule has 0 saturated carbocycles. The molecule has 184 valence electrons. The molecule has 3 aromatic rings. The van der Waals surface area contributed by atoms with Crippen molar-refractivity contribution in [3.63, 3.8) is 0 Å². The fourth-order valence-corrected chi connectivity index (χ4v) is 4.45. The van der Waals surface area contributed by atoms with Crippen LogP contribution in [0.3, 0.4) is 0 Å². The summed E-state index contributed by atoms with van der Waals surface area (Å²) < 4.78 is 6.07. The maximum absolute atomic E-state index is 13.2. The number of amidine groups is 1. The van der Waals surface area contributed by atoms with Gasteiger partial charge in [-0.15, -0.1) is 0 Å². The molecule has 1 atom stereocenters. The number of nitrogens with zero attached hydrogens (tertiary/aromatic N) is 3. The fourth-order valence-electron chi connectivity index (χ4n) is 4.18. The first kappa shape index (κ1) is 25.1. The monoisotopic (exact) mass is 502 g/mol. The number of carbonyl (C=O) groups is 2. The summed E-state index contributed by atoms with van der Waals surface area (Å²) in [7, 11) is 3.41. The number of fused-ring (bicyclic) bond motifs is 2. The van der Waals surface area contributed by atoms with Crippen molar-refractivity contribution in [2.75, 3.05) is 14.1 Å². The summed E-state index contributed by atoms with van der Waals surface area (Å²) in [6.45, 7) is 3.60. The topological polar surface area (TPSA) is 132 Å². The lowest BCUT2D eigenvalue weighted by Gasteiger charge is -2.37. The molecule has 0 radical (unpaired) electrons. The highest BCUT2D eigenvalue weighted by atomic mass is 32.2. The standard InChI is InChI=1S/C26H26N6O3S/c1-26(2,24(34)31-25(28)36-14-27)20-17-6-5-13-29-21(17)35-22-18(20)11-12-19(30-22)15-7-9-16(10-8-15)23(33)32(3)4/h5-14,20,27H,1-4H3,(H2,28,31,34). The van der Waals surface area contributed by atoms with E-state index in [1.165, 1.54) is 4.90 Å². The molecule has 36 heavy (non-hydrogen) atoms. The van der Waals surface area contributed by atoms with E-state index in [1.807, 2.05) is 30.3 Å². The van der Waals surface area contributed by atoms with Gasteiger partial charge < -0.3 is 20.4 Å². The zero-order valence-electron chi connectivity index (χ0n) is 20.3. The molecule has 1 aromatic carbocycles. The molecule has 9 nitrogen and oxygen atoms in total. The molecule has 0 spiro atoms. The molecule has 1 aliphatic heterocycles. The minimum absolute atomic E-state index is 0.0820. The van der Waals surface area contributed by atoms with Gasteiger partial charge in [-0.1, -0.05) is 38.1 Å². The molecule has 1 aliphatic rings. The second-order valence-corrected chi connectivity index (χ2v) is 9.92. The van der Waals surface area contributed by atoms with Crippen LogP contribution in [0.1, 0.15) is 41.3 Å². The lowest BCUT2D eigenvalue weighted by atomic mass is 9.70. The van der Waals surface area contributed by atoms with Crippen LogP contribution in [0, 0.1) is 16.2 Å². The molecule has 4 rings (SSSR count). The summed E-state index contributed by atoms with van der Waals surface area (Å²) in [5.74, 6) is -0.163. The first-order chi connectivity index (χ1) is 17.1. The number of pyridine rings is 2. The number of aromatic nitrogens is 2. The number of thioether (sulfide) groups is 1. The molecule has 0 bridgehead atoms. The SMILES string of the molecule is CN(C)C(=O)c1ccc(-c2ccc3c(n2)Oc2ncccc2C3C(C)(C)C(=O)NC(=N)SC=N)cc1. The van der Waals surface area contributed by atoms with E-state index in [9.17, 15) is 9.59 Å². The number of ether oxygens (including phenoxy) is 1. The lowest BCUT2D eigenvalue weighted by molar-refractivity contribution is -0.128. The summed E-state index contributed by atoms with van der Waals surface area (Å²) in [6.07, 6.45) is 1.62. The van der Waals surface area contributed by atoms with Crippen molar-refractivity contribution < 1.29 is 14.3 Å². The van der Waals surface area contributed by atoms with Crippen LogP contribution in [-0.2, 0) is 4.79 Å². The summed E-state index contributed by atoms with van der Waals surface area (Å²) in [6, 6.07) is 14.6. The Hall–Kier alpha value is -4.05. The van der Waals surface area contributed by atoms with Crippen LogP contribution in [0.25, 0.3) is 11.3 Å². The highest BCUT2D eigenvalue weighted by Crippen LogP contribution is 2.51. The number of rotatable bonds is 5. The maximum Gasteiger partial charge on any atom is 0.253 e. The lowest BCUT2D eigenvalue weighted by Crippen LogP contribution is -2.43. The quantitative estimate of drug-likeness (QED) is 0.348. The van der Waals surface area contributed by atoms with Crippen molar-refractivity contribution in [2.24, 2.45) is 5.41 Å². The van der Waals surface area contributed by atoms with Crippen LogP contribution in [0.4, 0.5) is 0 Å². The summed E-state index contributed by atoms with van der Waals surface area (Å²) >= 11 is 0.817. The number of hydrogen-bond donors (Lipinski definition) is 3. The average molecular weight is 503 g/mol. The Morgan fingerprint density at radius 3 is 2.44 bits per heavy atom. The molecule has 0 aliphatic carbocycles. The van der Waals surface area contributed by atoms with E-state index in [4.69, 9.17) is 20.5 Å². The molecular formula is C26H26N6O3S. The highest BCUT2D eigenvalue weighted by Gasteiger charge is 2.44. The molecule has 10 heteroatoms. The van der Waals surface area contributed by atoms with Gasteiger partial charge in [0.1, 0.15) is 0 Å². The van der Waals surface area contributed by atoms with Crippen molar-refractivity contribution in [3.8, 4) is 23.0 Å². The van der Waals surface area contributed by atoms with Crippen molar-refractivity contribution in [1.29, 1.82) is 10.8 Å². The third kappa shape index (κ3) is 4.72. The Labute approximate surface area is 213 Å². The molecule has 2 aromatic heterocycles. The molecule has 3 heterocycles. The van der Waals surface area contributed by atoms with Gasteiger partial charge in [-0.05, 0) is 36.0 Å². The molecule has 0 fully saturated rings. The zero-order valence-corrected chi connectivity index (χ0v) is 21.1. The van der Waals surface area contributed by atoms with Gasteiger partial charge in [-0.2, -0.15) is 0 Å². The van der Waals surface area contributed by atoms with Crippen molar-refractivity contribution >= 4 is 34.3 Å². The predicted octanol–water partition coefficient (Wildman–Crippen LogP) is 4.50. The van der Waals surface area contributed by atoms with Crippen LogP contribution in [0.5, 0.6) is 11.8 Å². The second-order valence-electron chi connectivity index (χ2n) is 9.04. The Kier molecular flexibility index (Phi) is 6.89. The van der Waals surface area contributed by atoms with E-state index in [-0.39, 0.29) is 17.0 Å². The smallest absolute Gasteiger partial charge is 0.253 e. The van der Waals surface area contributed by atoms with Crippen LogP contribution in [0.2, 0.25) is 0 Å². The highest BCUT2D eigenvalue weighted by molar-refractivity contribution is 8.24. The largest absolute Gasteiger partial charge is 0.420 e. The van der Waals surface area contributed by atoms with Crippen LogP contribution in [-0.4, -0.2) is 51.5 Å². The van der Waals surface area contributed by atoms with E-state index in [0.717, 1.165) is 34.0 Å². The van der Waals surface area contributed by atoms with Crippen molar-refractivity contribution in [3.05, 3.63) is 71.4 Å². The Balaban J connectivity index is 1.73. The predicted molar refractivity (Wildman–Crippen MR) is 140 cm³/mol. The average Bonchev–Trinajstić information content (AvgIpc) is 2.86. The third-order valence-electron chi connectivity index (χ3n) is 6.05. The number of amides is 2. The van der Waals surface area contributed by atoms with Crippen molar-refractivity contribution in [2.45, 2.75) is 19.8 Å². The zero-order chi connectivity index (χ0) is 26.0. The van der Waals surface area contributed by atoms with Gasteiger partial charge in [0.2, 0.25) is 17.7 Å².